The summed E-state index contributed by atoms with van der Waals surface area (Å²) in [5, 5.41) is 9.11. The largest absolute Gasteiger partial charge is 0.444 e. The molecule has 7 heteroatoms. The minimum absolute atomic E-state index is 0.104. The lowest BCUT2D eigenvalue weighted by Crippen LogP contribution is -2.50. The lowest BCUT2D eigenvalue weighted by atomic mass is 10.2. The van der Waals surface area contributed by atoms with Crippen molar-refractivity contribution in [3.05, 3.63) is 18.0 Å². The first-order valence-electron chi connectivity index (χ1n) is 7.05. The van der Waals surface area contributed by atoms with Crippen LogP contribution in [0.2, 0.25) is 0 Å². The third kappa shape index (κ3) is 4.29. The topological polar surface area (TPSA) is 78.8 Å². The number of anilines is 1. The van der Waals surface area contributed by atoms with E-state index in [1.165, 1.54) is 0 Å². The number of aliphatic hydroxyl groups is 1. The highest BCUT2D eigenvalue weighted by molar-refractivity contribution is 5.68. The van der Waals surface area contributed by atoms with E-state index in [2.05, 4.69) is 9.97 Å². The van der Waals surface area contributed by atoms with Crippen LogP contribution in [0.5, 0.6) is 0 Å². The molecule has 1 fully saturated rings. The molecule has 0 saturated carbocycles. The Morgan fingerprint density at radius 2 is 2.00 bits per heavy atom. The van der Waals surface area contributed by atoms with Crippen LogP contribution in [0.15, 0.2) is 12.3 Å². The monoisotopic (exact) mass is 294 g/mol. The lowest BCUT2D eigenvalue weighted by molar-refractivity contribution is 0.0240. The highest BCUT2D eigenvalue weighted by Gasteiger charge is 2.26. The van der Waals surface area contributed by atoms with Crippen LogP contribution in [0.3, 0.4) is 0 Å². The second-order valence-corrected chi connectivity index (χ2v) is 5.96. The molecule has 0 aliphatic carbocycles. The molecule has 0 spiro atoms. The second kappa shape index (κ2) is 6.26. The molecule has 1 saturated heterocycles. The van der Waals surface area contributed by atoms with Gasteiger partial charge in [0.15, 0.2) is 0 Å². The molecule has 2 heterocycles. The molecule has 1 N–H and O–H groups in total. The molecule has 1 aromatic heterocycles. The first kappa shape index (κ1) is 15.5. The van der Waals surface area contributed by atoms with Gasteiger partial charge in [0, 0.05) is 32.4 Å². The summed E-state index contributed by atoms with van der Waals surface area (Å²) in [4.78, 5) is 24.2. The number of aliphatic hydroxyl groups excluding tert-OH is 1. The van der Waals surface area contributed by atoms with Gasteiger partial charge in [0.2, 0.25) is 5.95 Å². The van der Waals surface area contributed by atoms with Crippen molar-refractivity contribution in [3.63, 3.8) is 0 Å². The van der Waals surface area contributed by atoms with Gasteiger partial charge in [-0.2, -0.15) is 0 Å². The van der Waals surface area contributed by atoms with E-state index < -0.39 is 5.60 Å². The van der Waals surface area contributed by atoms with Gasteiger partial charge >= 0.3 is 6.09 Å². The number of carbonyl (C=O) groups excluding carboxylic acids is 1. The highest BCUT2D eigenvalue weighted by Crippen LogP contribution is 2.14. The van der Waals surface area contributed by atoms with Crippen molar-refractivity contribution in [1.29, 1.82) is 0 Å². The van der Waals surface area contributed by atoms with E-state index in [9.17, 15) is 4.79 Å². The summed E-state index contributed by atoms with van der Waals surface area (Å²) >= 11 is 0. The minimum Gasteiger partial charge on any atom is -0.444 e. The van der Waals surface area contributed by atoms with E-state index in [1.54, 1.807) is 17.2 Å². The van der Waals surface area contributed by atoms with Crippen molar-refractivity contribution >= 4 is 12.0 Å². The lowest BCUT2D eigenvalue weighted by Gasteiger charge is -2.35. The van der Waals surface area contributed by atoms with E-state index in [0.29, 0.717) is 37.8 Å². The summed E-state index contributed by atoms with van der Waals surface area (Å²) in [7, 11) is 0. The number of rotatable bonds is 2. The summed E-state index contributed by atoms with van der Waals surface area (Å²) in [6.45, 7) is 7.90. The second-order valence-electron chi connectivity index (χ2n) is 5.96. The van der Waals surface area contributed by atoms with Gasteiger partial charge in [0.25, 0.3) is 0 Å². The zero-order chi connectivity index (χ0) is 15.5. The van der Waals surface area contributed by atoms with Crippen molar-refractivity contribution in [1.82, 2.24) is 14.9 Å². The molecule has 0 unspecified atom stereocenters. The van der Waals surface area contributed by atoms with Gasteiger partial charge < -0.3 is 19.6 Å². The highest BCUT2D eigenvalue weighted by atomic mass is 16.6. The molecule has 1 aliphatic heterocycles. The molecule has 0 atom stereocenters. The van der Waals surface area contributed by atoms with Gasteiger partial charge in [-0.25, -0.2) is 14.8 Å². The number of piperazine rings is 1. The molecule has 116 valence electrons. The van der Waals surface area contributed by atoms with Crippen LogP contribution < -0.4 is 4.90 Å². The first-order valence-corrected chi connectivity index (χ1v) is 7.05. The molecule has 21 heavy (non-hydrogen) atoms. The standard InChI is InChI=1S/C14H22N4O3/c1-14(2,3)21-13(20)18-8-6-17(7-9-18)12-15-5-4-11(10-19)16-12/h4-5,19H,6-10H2,1-3H3. The molecule has 1 aliphatic rings. The van der Waals surface area contributed by atoms with Crippen molar-refractivity contribution in [3.8, 4) is 0 Å². The van der Waals surface area contributed by atoms with Gasteiger partial charge in [0.05, 0.1) is 12.3 Å². The Kier molecular flexibility index (Phi) is 4.62. The minimum atomic E-state index is -0.479. The van der Waals surface area contributed by atoms with Crippen LogP contribution in [0.25, 0.3) is 0 Å². The van der Waals surface area contributed by atoms with Crippen LogP contribution in [0.1, 0.15) is 26.5 Å². The van der Waals surface area contributed by atoms with Crippen LogP contribution in [-0.4, -0.2) is 57.8 Å². The van der Waals surface area contributed by atoms with Crippen LogP contribution in [-0.2, 0) is 11.3 Å². The summed E-state index contributed by atoms with van der Waals surface area (Å²) < 4.78 is 5.36. The quantitative estimate of drug-likeness (QED) is 0.877. The summed E-state index contributed by atoms with van der Waals surface area (Å²) in [6, 6.07) is 1.68. The Morgan fingerprint density at radius 3 is 2.57 bits per heavy atom. The molecule has 0 bridgehead atoms. The summed E-state index contributed by atoms with van der Waals surface area (Å²) in [5.74, 6) is 0.588. The summed E-state index contributed by atoms with van der Waals surface area (Å²) in [6.07, 6.45) is 1.35. The number of hydrogen-bond donors (Lipinski definition) is 1. The van der Waals surface area contributed by atoms with Gasteiger partial charge in [-0.15, -0.1) is 0 Å². The van der Waals surface area contributed by atoms with Gasteiger partial charge in [0.1, 0.15) is 5.60 Å². The number of aromatic nitrogens is 2. The third-order valence-electron chi connectivity index (χ3n) is 3.08. The predicted octanol–water partition coefficient (Wildman–Crippen LogP) is 1.03. The fourth-order valence-electron chi connectivity index (χ4n) is 2.04. The number of ether oxygens (including phenoxy) is 1. The Morgan fingerprint density at radius 1 is 1.33 bits per heavy atom. The zero-order valence-electron chi connectivity index (χ0n) is 12.7. The number of carbonyl (C=O) groups is 1. The maximum Gasteiger partial charge on any atom is 0.410 e. The molecule has 7 nitrogen and oxygen atoms in total. The average molecular weight is 294 g/mol. The molecule has 0 radical (unpaired) electrons. The van der Waals surface area contributed by atoms with Gasteiger partial charge in [-0.3, -0.25) is 0 Å². The normalized spacial score (nSPS) is 16.0. The Balaban J connectivity index is 1.92. The fourth-order valence-corrected chi connectivity index (χ4v) is 2.04. The Labute approximate surface area is 124 Å². The van der Waals surface area contributed by atoms with Crippen molar-refractivity contribution in [2.75, 3.05) is 31.1 Å². The smallest absolute Gasteiger partial charge is 0.410 e. The predicted molar refractivity (Wildman–Crippen MR) is 78.0 cm³/mol. The van der Waals surface area contributed by atoms with Crippen LogP contribution in [0.4, 0.5) is 10.7 Å². The molecule has 0 aromatic carbocycles. The zero-order valence-corrected chi connectivity index (χ0v) is 12.7. The first-order chi connectivity index (χ1) is 9.89. The molecule has 1 aromatic rings. The van der Waals surface area contributed by atoms with Crippen LogP contribution >= 0.6 is 0 Å². The van der Waals surface area contributed by atoms with Gasteiger partial charge in [-0.1, -0.05) is 0 Å². The molecule has 1 amide bonds. The number of amides is 1. The molecule has 2 rings (SSSR count). The summed E-state index contributed by atoms with van der Waals surface area (Å²) in [5.41, 5.74) is 0.113. The maximum atomic E-state index is 12.0. The van der Waals surface area contributed by atoms with Crippen molar-refractivity contribution in [2.24, 2.45) is 0 Å². The SMILES string of the molecule is CC(C)(C)OC(=O)N1CCN(c2nccc(CO)n2)CC1. The van der Waals surface area contributed by atoms with Crippen molar-refractivity contribution in [2.45, 2.75) is 33.0 Å². The van der Waals surface area contributed by atoms with E-state index in [0.717, 1.165) is 0 Å². The number of hydrogen-bond acceptors (Lipinski definition) is 6. The average Bonchev–Trinajstić information content (AvgIpc) is 2.46. The number of nitrogens with zero attached hydrogens (tertiary/aromatic N) is 4. The maximum absolute atomic E-state index is 12.0. The molecular formula is C14H22N4O3. The Hall–Kier alpha value is -1.89. The Bertz CT molecular complexity index is 493. The van der Waals surface area contributed by atoms with E-state index in [-0.39, 0.29) is 12.7 Å². The van der Waals surface area contributed by atoms with Crippen molar-refractivity contribution < 1.29 is 14.6 Å². The van der Waals surface area contributed by atoms with E-state index >= 15 is 0 Å². The fraction of sp³-hybridized carbons (Fsp3) is 0.643. The van der Waals surface area contributed by atoms with Crippen LogP contribution in [0, 0.1) is 0 Å². The van der Waals surface area contributed by atoms with E-state index in [1.807, 2.05) is 25.7 Å². The molecular weight excluding hydrogens is 272 g/mol. The van der Waals surface area contributed by atoms with E-state index in [4.69, 9.17) is 9.84 Å². The van der Waals surface area contributed by atoms with Gasteiger partial charge in [-0.05, 0) is 26.8 Å². The third-order valence-corrected chi connectivity index (χ3v) is 3.08.